The van der Waals surface area contributed by atoms with Gasteiger partial charge in [-0.1, -0.05) is 0 Å². The monoisotopic (exact) mass is 301 g/mol. The Kier molecular flexibility index (Phi) is 4.93. The van der Waals surface area contributed by atoms with Crippen LogP contribution in [-0.2, 0) is 10.6 Å². The number of esters is 1. The zero-order valence-electron chi connectivity index (χ0n) is 9.55. The first kappa shape index (κ1) is 15.5. The lowest BCUT2D eigenvalue weighted by Gasteiger charge is -2.15. The number of rotatable bonds is 4. The fourth-order valence-corrected chi connectivity index (χ4v) is 1.42. The Bertz CT molecular complexity index is 479. The van der Waals surface area contributed by atoms with Crippen molar-refractivity contribution in [1.82, 2.24) is 4.98 Å². The van der Waals surface area contributed by atoms with E-state index in [-0.39, 0.29) is 6.61 Å². The van der Waals surface area contributed by atoms with E-state index < -0.39 is 41.0 Å². The summed E-state index contributed by atoms with van der Waals surface area (Å²) in [7, 11) is 0. The fourth-order valence-electron chi connectivity index (χ4n) is 1.22. The molecule has 0 aliphatic rings. The van der Waals surface area contributed by atoms with Crippen molar-refractivity contribution >= 4 is 17.6 Å². The summed E-state index contributed by atoms with van der Waals surface area (Å²) in [4.78, 5) is 14.8. The molecule has 1 heterocycles. The van der Waals surface area contributed by atoms with Crippen LogP contribution in [0.5, 0.6) is 5.75 Å². The molecule has 0 fully saturated rings. The van der Waals surface area contributed by atoms with Gasteiger partial charge >= 0.3 is 12.3 Å². The number of nitrogens with zero attached hydrogens (tertiary/aromatic N) is 1. The van der Waals surface area contributed by atoms with Crippen molar-refractivity contribution in [2.24, 2.45) is 0 Å². The topological polar surface area (TPSA) is 48.4 Å². The Balaban J connectivity index is 3.36. The lowest BCUT2D eigenvalue weighted by molar-refractivity contribution is -0.275. The number of hydrogen-bond acceptors (Lipinski definition) is 4. The molecule has 4 nitrogen and oxygen atoms in total. The zero-order chi connectivity index (χ0) is 14.6. The molecule has 0 bridgehead atoms. The van der Waals surface area contributed by atoms with Crippen LogP contribution in [0.1, 0.15) is 23.0 Å². The first-order valence-corrected chi connectivity index (χ1v) is 5.49. The molecule has 0 amide bonds. The number of aromatic nitrogens is 1. The smallest absolute Gasteiger partial charge is 0.462 e. The molecule has 0 radical (unpaired) electrons. The molecule has 1 aromatic rings. The predicted molar refractivity (Wildman–Crippen MR) is 56.4 cm³/mol. The van der Waals surface area contributed by atoms with Crippen LogP contribution in [0.25, 0.3) is 0 Å². The van der Waals surface area contributed by atoms with Crippen LogP contribution in [-0.4, -0.2) is 23.9 Å². The number of ether oxygens (including phenoxy) is 2. The van der Waals surface area contributed by atoms with E-state index >= 15 is 0 Å². The third-order valence-corrected chi connectivity index (χ3v) is 2.14. The molecule has 0 spiro atoms. The second-order valence-corrected chi connectivity index (χ2v) is 3.43. The normalized spacial score (nSPS) is 11.3. The highest BCUT2D eigenvalue weighted by molar-refractivity contribution is 6.17. The summed E-state index contributed by atoms with van der Waals surface area (Å²) >= 11 is 5.38. The third kappa shape index (κ3) is 3.95. The molecule has 1 aromatic heterocycles. The maximum Gasteiger partial charge on any atom is 0.573 e. The molecule has 0 aliphatic carbocycles. The summed E-state index contributed by atoms with van der Waals surface area (Å²) in [5, 5.41) is 0. The van der Waals surface area contributed by atoms with E-state index in [0.29, 0.717) is 6.20 Å². The molecule has 0 aromatic carbocycles. The summed E-state index contributed by atoms with van der Waals surface area (Å²) in [6.45, 7) is 1.28. The van der Waals surface area contributed by atoms with Gasteiger partial charge in [0, 0.05) is 0 Å². The van der Waals surface area contributed by atoms with Crippen molar-refractivity contribution in [2.45, 2.75) is 19.2 Å². The number of pyridine rings is 1. The second-order valence-electron chi connectivity index (χ2n) is 3.16. The largest absolute Gasteiger partial charge is 0.573 e. The average Bonchev–Trinajstić information content (AvgIpc) is 2.27. The van der Waals surface area contributed by atoms with E-state index in [9.17, 15) is 22.4 Å². The molecule has 19 heavy (non-hydrogen) atoms. The van der Waals surface area contributed by atoms with E-state index in [1.807, 2.05) is 0 Å². The van der Waals surface area contributed by atoms with Gasteiger partial charge in [-0.05, 0) is 6.92 Å². The number of alkyl halides is 4. The average molecular weight is 302 g/mol. The molecule has 0 saturated carbocycles. The highest BCUT2D eigenvalue weighted by atomic mass is 35.5. The van der Waals surface area contributed by atoms with Crippen molar-refractivity contribution in [2.75, 3.05) is 6.61 Å². The highest BCUT2D eigenvalue weighted by Gasteiger charge is 2.36. The lowest BCUT2D eigenvalue weighted by atomic mass is 10.2. The SMILES string of the molecule is CCOC(=O)c1c(F)cnc(CCl)c1OC(F)(F)F. The van der Waals surface area contributed by atoms with E-state index in [1.165, 1.54) is 6.92 Å². The van der Waals surface area contributed by atoms with Gasteiger partial charge < -0.3 is 9.47 Å². The number of carbonyl (C=O) groups is 1. The minimum atomic E-state index is -5.11. The predicted octanol–water partition coefficient (Wildman–Crippen LogP) is 3.03. The number of carbonyl (C=O) groups excluding carboxylic acids is 1. The van der Waals surface area contributed by atoms with Gasteiger partial charge in [0.2, 0.25) is 0 Å². The summed E-state index contributed by atoms with van der Waals surface area (Å²) in [6, 6.07) is 0. The second kappa shape index (κ2) is 6.05. The lowest BCUT2D eigenvalue weighted by Crippen LogP contribution is -2.22. The van der Waals surface area contributed by atoms with Crippen LogP contribution < -0.4 is 4.74 Å². The van der Waals surface area contributed by atoms with E-state index in [0.717, 1.165) is 0 Å². The maximum atomic E-state index is 13.5. The van der Waals surface area contributed by atoms with Gasteiger partial charge in [0.25, 0.3) is 0 Å². The van der Waals surface area contributed by atoms with Crippen molar-refractivity contribution in [3.05, 3.63) is 23.3 Å². The van der Waals surface area contributed by atoms with Crippen LogP contribution in [0, 0.1) is 5.82 Å². The zero-order valence-corrected chi connectivity index (χ0v) is 10.3. The summed E-state index contributed by atoms with van der Waals surface area (Å²) < 4.78 is 58.3. The Morgan fingerprint density at radius 1 is 1.47 bits per heavy atom. The standard InChI is InChI=1S/C10H8ClF4NO3/c1-2-18-9(17)7-5(12)4-16-6(3-11)8(7)19-10(13,14)15/h4H,2-3H2,1H3. The Hall–Kier alpha value is -1.57. The van der Waals surface area contributed by atoms with Crippen molar-refractivity contribution in [3.8, 4) is 5.75 Å². The molecule has 0 unspecified atom stereocenters. The van der Waals surface area contributed by atoms with Crippen molar-refractivity contribution < 1.29 is 31.8 Å². The minimum absolute atomic E-state index is 0.137. The number of halogens is 5. The molecule has 0 saturated heterocycles. The van der Waals surface area contributed by atoms with Crippen molar-refractivity contribution in [3.63, 3.8) is 0 Å². The van der Waals surface area contributed by atoms with Gasteiger partial charge in [-0.25, -0.2) is 9.18 Å². The van der Waals surface area contributed by atoms with Gasteiger partial charge in [-0.2, -0.15) is 0 Å². The molecule has 106 valence electrons. The Morgan fingerprint density at radius 2 is 2.11 bits per heavy atom. The fraction of sp³-hybridized carbons (Fsp3) is 0.400. The first-order chi connectivity index (χ1) is 8.80. The van der Waals surface area contributed by atoms with Crippen molar-refractivity contribution in [1.29, 1.82) is 0 Å². The molecular weight excluding hydrogens is 294 g/mol. The molecule has 0 N–H and O–H groups in total. The molecule has 0 atom stereocenters. The Morgan fingerprint density at radius 3 is 2.58 bits per heavy atom. The molecule has 1 rings (SSSR count). The molecule has 0 aliphatic heterocycles. The van der Waals surface area contributed by atoms with Crippen LogP contribution >= 0.6 is 11.6 Å². The van der Waals surface area contributed by atoms with Gasteiger partial charge in [-0.3, -0.25) is 4.98 Å². The van der Waals surface area contributed by atoms with Crippen LogP contribution in [0.15, 0.2) is 6.20 Å². The highest BCUT2D eigenvalue weighted by Crippen LogP contribution is 2.32. The summed E-state index contributed by atoms with van der Waals surface area (Å²) in [5.74, 6) is -4.14. The Labute approximate surface area is 110 Å². The van der Waals surface area contributed by atoms with Gasteiger partial charge in [0.05, 0.1) is 24.4 Å². The number of hydrogen-bond donors (Lipinski definition) is 0. The minimum Gasteiger partial charge on any atom is -0.462 e. The van der Waals surface area contributed by atoms with Gasteiger partial charge in [-0.15, -0.1) is 24.8 Å². The maximum absolute atomic E-state index is 13.5. The molecule has 9 heteroatoms. The summed E-state index contributed by atoms with van der Waals surface area (Å²) in [5.41, 5.74) is -1.40. The van der Waals surface area contributed by atoms with Gasteiger partial charge in [0.15, 0.2) is 11.6 Å². The van der Waals surface area contributed by atoms with E-state index in [2.05, 4.69) is 14.5 Å². The quantitative estimate of drug-likeness (QED) is 0.487. The molecular formula is C10H8ClF4NO3. The van der Waals surface area contributed by atoms with Crippen LogP contribution in [0.4, 0.5) is 17.6 Å². The van der Waals surface area contributed by atoms with Crippen LogP contribution in [0.2, 0.25) is 0 Å². The van der Waals surface area contributed by atoms with Crippen LogP contribution in [0.3, 0.4) is 0 Å². The third-order valence-electron chi connectivity index (χ3n) is 1.89. The van der Waals surface area contributed by atoms with Gasteiger partial charge in [0.1, 0.15) is 5.56 Å². The van der Waals surface area contributed by atoms with E-state index in [1.54, 1.807) is 0 Å². The summed E-state index contributed by atoms with van der Waals surface area (Å²) in [6.07, 6.45) is -4.54. The van der Waals surface area contributed by atoms with E-state index in [4.69, 9.17) is 11.6 Å². The first-order valence-electron chi connectivity index (χ1n) is 4.96.